The standard InChI is InChI=1S/C18H26O/c1-12-13-6-9-16-17(2,3)10-5-11-18(16,4)14(13)7-8-15(12)19/h7-8,16,19H,5-6,9-11H2,1-4H3/t16?,18-/m1/s1. The average molecular weight is 258 g/mol. The average Bonchev–Trinajstić information content (AvgIpc) is 2.33. The fourth-order valence-electron chi connectivity index (χ4n) is 5.04. The van der Waals surface area contributed by atoms with Gasteiger partial charge in [0.2, 0.25) is 0 Å². The van der Waals surface area contributed by atoms with Gasteiger partial charge in [0.05, 0.1) is 0 Å². The van der Waals surface area contributed by atoms with Gasteiger partial charge in [0.15, 0.2) is 0 Å². The van der Waals surface area contributed by atoms with E-state index < -0.39 is 0 Å². The Morgan fingerprint density at radius 3 is 2.63 bits per heavy atom. The second-order valence-electron chi connectivity index (χ2n) is 7.59. The third-order valence-electron chi connectivity index (χ3n) is 6.10. The van der Waals surface area contributed by atoms with Crippen molar-refractivity contribution in [2.24, 2.45) is 11.3 Å². The number of fused-ring (bicyclic) bond motifs is 3. The van der Waals surface area contributed by atoms with E-state index in [2.05, 4.69) is 33.8 Å². The van der Waals surface area contributed by atoms with E-state index in [9.17, 15) is 5.11 Å². The minimum Gasteiger partial charge on any atom is -0.508 e. The van der Waals surface area contributed by atoms with E-state index in [1.165, 1.54) is 36.8 Å². The van der Waals surface area contributed by atoms with Crippen molar-refractivity contribution in [3.8, 4) is 5.75 Å². The van der Waals surface area contributed by atoms with Crippen LogP contribution in [0, 0.1) is 18.3 Å². The molecule has 0 saturated heterocycles. The molecule has 0 aliphatic heterocycles. The summed E-state index contributed by atoms with van der Waals surface area (Å²) in [7, 11) is 0. The van der Waals surface area contributed by atoms with E-state index in [1.807, 2.05) is 6.07 Å². The molecule has 2 aliphatic rings. The Labute approximate surface area is 117 Å². The molecule has 0 spiro atoms. The monoisotopic (exact) mass is 258 g/mol. The number of hydrogen-bond acceptors (Lipinski definition) is 1. The zero-order valence-electron chi connectivity index (χ0n) is 12.7. The van der Waals surface area contributed by atoms with Crippen LogP contribution in [0.25, 0.3) is 0 Å². The van der Waals surface area contributed by atoms with Crippen LogP contribution >= 0.6 is 0 Å². The Morgan fingerprint density at radius 1 is 1.16 bits per heavy atom. The van der Waals surface area contributed by atoms with Crippen LogP contribution in [-0.2, 0) is 11.8 Å². The molecule has 3 rings (SSSR count). The van der Waals surface area contributed by atoms with E-state index in [0.29, 0.717) is 16.6 Å². The molecule has 104 valence electrons. The van der Waals surface area contributed by atoms with Gasteiger partial charge in [0.1, 0.15) is 5.75 Å². The van der Waals surface area contributed by atoms with Gasteiger partial charge in [-0.05, 0) is 72.1 Å². The van der Waals surface area contributed by atoms with Gasteiger partial charge in [-0.15, -0.1) is 0 Å². The van der Waals surface area contributed by atoms with Crippen molar-refractivity contribution in [1.29, 1.82) is 0 Å². The lowest BCUT2D eigenvalue weighted by Gasteiger charge is -2.54. The van der Waals surface area contributed by atoms with Crippen LogP contribution in [0.2, 0.25) is 0 Å². The highest BCUT2D eigenvalue weighted by Gasteiger charge is 2.49. The fourth-order valence-corrected chi connectivity index (χ4v) is 5.04. The predicted molar refractivity (Wildman–Crippen MR) is 79.6 cm³/mol. The Morgan fingerprint density at radius 2 is 1.89 bits per heavy atom. The minimum absolute atomic E-state index is 0.313. The molecule has 0 aromatic heterocycles. The summed E-state index contributed by atoms with van der Waals surface area (Å²) in [4.78, 5) is 0. The van der Waals surface area contributed by atoms with Crippen LogP contribution in [0.1, 0.15) is 63.1 Å². The summed E-state index contributed by atoms with van der Waals surface area (Å²) >= 11 is 0. The molecule has 1 heteroatoms. The summed E-state index contributed by atoms with van der Waals surface area (Å²) in [5, 5.41) is 9.96. The van der Waals surface area contributed by atoms with Crippen LogP contribution in [0.5, 0.6) is 5.75 Å². The van der Waals surface area contributed by atoms with Crippen LogP contribution in [0.15, 0.2) is 12.1 Å². The zero-order chi connectivity index (χ0) is 13.8. The number of benzene rings is 1. The summed E-state index contributed by atoms with van der Waals surface area (Å²) in [6.45, 7) is 9.44. The van der Waals surface area contributed by atoms with Gasteiger partial charge >= 0.3 is 0 Å². The quantitative estimate of drug-likeness (QED) is 0.713. The lowest BCUT2D eigenvalue weighted by Crippen LogP contribution is -2.48. The maximum Gasteiger partial charge on any atom is 0.118 e. The smallest absolute Gasteiger partial charge is 0.118 e. The largest absolute Gasteiger partial charge is 0.508 e. The molecule has 1 nitrogen and oxygen atoms in total. The highest BCUT2D eigenvalue weighted by molar-refractivity contribution is 5.49. The van der Waals surface area contributed by atoms with E-state index in [1.54, 1.807) is 0 Å². The molecule has 19 heavy (non-hydrogen) atoms. The van der Waals surface area contributed by atoms with Gasteiger partial charge in [-0.1, -0.05) is 33.3 Å². The van der Waals surface area contributed by atoms with Crippen LogP contribution in [0.3, 0.4) is 0 Å². The van der Waals surface area contributed by atoms with Gasteiger partial charge in [-0.2, -0.15) is 0 Å². The van der Waals surface area contributed by atoms with Gasteiger partial charge in [-0.3, -0.25) is 0 Å². The van der Waals surface area contributed by atoms with E-state index >= 15 is 0 Å². The van der Waals surface area contributed by atoms with Crippen molar-refractivity contribution in [1.82, 2.24) is 0 Å². The molecule has 2 atom stereocenters. The second-order valence-corrected chi connectivity index (χ2v) is 7.59. The summed E-state index contributed by atoms with van der Waals surface area (Å²) in [5.74, 6) is 1.25. The highest BCUT2D eigenvalue weighted by atomic mass is 16.3. The molecule has 1 fully saturated rings. The number of phenols is 1. The zero-order valence-corrected chi connectivity index (χ0v) is 12.7. The molecular formula is C18H26O. The van der Waals surface area contributed by atoms with E-state index in [4.69, 9.17) is 0 Å². The Balaban J connectivity index is 2.16. The molecule has 0 amide bonds. The van der Waals surface area contributed by atoms with E-state index in [0.717, 1.165) is 17.9 Å². The van der Waals surface area contributed by atoms with Crippen molar-refractivity contribution >= 4 is 0 Å². The van der Waals surface area contributed by atoms with Gasteiger partial charge in [0.25, 0.3) is 0 Å². The van der Waals surface area contributed by atoms with Crippen LogP contribution in [0.4, 0.5) is 0 Å². The molecule has 2 aliphatic carbocycles. The topological polar surface area (TPSA) is 20.2 Å². The molecule has 1 aromatic carbocycles. The van der Waals surface area contributed by atoms with Crippen LogP contribution < -0.4 is 0 Å². The lowest BCUT2D eigenvalue weighted by atomic mass is 9.50. The number of hydrogen-bond donors (Lipinski definition) is 1. The second kappa shape index (κ2) is 4.01. The molecule has 0 bridgehead atoms. The predicted octanol–water partition coefficient (Wildman–Crippen LogP) is 4.73. The van der Waals surface area contributed by atoms with Gasteiger partial charge < -0.3 is 5.11 Å². The molecule has 1 saturated carbocycles. The maximum absolute atomic E-state index is 9.96. The first-order valence-corrected chi connectivity index (χ1v) is 7.68. The SMILES string of the molecule is Cc1c(O)ccc2c1CCC1C(C)(C)CCC[C@]21C. The molecule has 0 heterocycles. The first-order valence-electron chi connectivity index (χ1n) is 7.68. The molecule has 0 radical (unpaired) electrons. The summed E-state index contributed by atoms with van der Waals surface area (Å²) < 4.78 is 0. The normalized spacial score (nSPS) is 32.5. The van der Waals surface area contributed by atoms with Crippen molar-refractivity contribution in [2.45, 2.75) is 65.2 Å². The third kappa shape index (κ3) is 1.74. The Hall–Kier alpha value is -0.980. The lowest BCUT2D eigenvalue weighted by molar-refractivity contribution is 0.0405. The summed E-state index contributed by atoms with van der Waals surface area (Å²) in [6, 6.07) is 4.11. The van der Waals surface area contributed by atoms with Crippen LogP contribution in [-0.4, -0.2) is 5.11 Å². The maximum atomic E-state index is 9.96. The third-order valence-corrected chi connectivity index (χ3v) is 6.10. The first-order chi connectivity index (χ1) is 8.86. The Bertz CT molecular complexity index is 515. The van der Waals surface area contributed by atoms with E-state index in [-0.39, 0.29) is 0 Å². The molecule has 1 N–H and O–H groups in total. The number of rotatable bonds is 0. The van der Waals surface area contributed by atoms with Gasteiger partial charge in [-0.25, -0.2) is 0 Å². The molecule has 1 unspecified atom stereocenters. The van der Waals surface area contributed by atoms with Gasteiger partial charge in [0, 0.05) is 0 Å². The molecule has 1 aromatic rings. The van der Waals surface area contributed by atoms with Crippen molar-refractivity contribution < 1.29 is 5.11 Å². The van der Waals surface area contributed by atoms with Crippen molar-refractivity contribution in [3.05, 3.63) is 28.8 Å². The number of aromatic hydroxyl groups is 1. The summed E-state index contributed by atoms with van der Waals surface area (Å²) in [5.41, 5.74) is 4.83. The first kappa shape index (κ1) is 13.0. The summed E-state index contributed by atoms with van der Waals surface area (Å²) in [6.07, 6.45) is 6.41. The van der Waals surface area contributed by atoms with Crippen molar-refractivity contribution in [3.63, 3.8) is 0 Å². The Kier molecular flexibility index (Phi) is 2.75. The number of phenolic OH excluding ortho intramolecular Hbond substituents is 1. The minimum atomic E-state index is 0.313. The molecular weight excluding hydrogens is 232 g/mol. The van der Waals surface area contributed by atoms with Crippen molar-refractivity contribution in [2.75, 3.05) is 0 Å². The highest BCUT2D eigenvalue weighted by Crippen LogP contribution is 2.57. The fraction of sp³-hybridized carbons (Fsp3) is 0.667.